The topological polar surface area (TPSA) is 68.8 Å². The van der Waals surface area contributed by atoms with E-state index in [1.165, 1.54) is 11.5 Å². The van der Waals surface area contributed by atoms with E-state index in [4.69, 9.17) is 0 Å². The highest BCUT2D eigenvalue weighted by atomic mass is 19.4. The van der Waals surface area contributed by atoms with Gasteiger partial charge in [-0.1, -0.05) is 0 Å². The second-order valence-electron chi connectivity index (χ2n) is 7.34. The van der Waals surface area contributed by atoms with E-state index in [0.29, 0.717) is 6.92 Å². The average Bonchev–Trinajstić information content (AvgIpc) is 3.08. The van der Waals surface area contributed by atoms with Crippen LogP contribution in [0.5, 0.6) is 0 Å². The van der Waals surface area contributed by atoms with Crippen molar-refractivity contribution >= 4 is 0 Å². The van der Waals surface area contributed by atoms with Gasteiger partial charge in [0, 0.05) is 6.54 Å². The van der Waals surface area contributed by atoms with Gasteiger partial charge in [-0.15, -0.1) is 10.2 Å². The molecule has 0 aliphatic carbocycles. The van der Waals surface area contributed by atoms with E-state index >= 15 is 0 Å². The van der Waals surface area contributed by atoms with Gasteiger partial charge in [-0.25, -0.2) is 4.98 Å². The Labute approximate surface area is 149 Å². The Morgan fingerprint density at radius 3 is 2.11 bits per heavy atom. The molecular weight excluding hydrogens is 380 g/mol. The van der Waals surface area contributed by atoms with Crippen molar-refractivity contribution in [1.29, 1.82) is 0 Å². The summed E-state index contributed by atoms with van der Waals surface area (Å²) in [5.74, 6) is -1.02. The van der Waals surface area contributed by atoms with Gasteiger partial charge in [-0.2, -0.15) is 26.3 Å². The summed E-state index contributed by atoms with van der Waals surface area (Å²) in [5, 5.41) is 17.4. The van der Waals surface area contributed by atoms with Crippen LogP contribution >= 0.6 is 0 Å². The van der Waals surface area contributed by atoms with Gasteiger partial charge < -0.3 is 14.2 Å². The highest BCUT2D eigenvalue weighted by Crippen LogP contribution is 2.44. The molecule has 1 N–H and O–H groups in total. The molecule has 1 aliphatic heterocycles. The van der Waals surface area contributed by atoms with Crippen molar-refractivity contribution in [1.82, 2.24) is 24.3 Å². The molecule has 0 amide bonds. The summed E-state index contributed by atoms with van der Waals surface area (Å²) < 4.78 is 82.2. The number of rotatable bonds is 2. The molecule has 0 unspecified atom stereocenters. The van der Waals surface area contributed by atoms with Gasteiger partial charge in [0.25, 0.3) is 0 Å². The van der Waals surface area contributed by atoms with Gasteiger partial charge in [-0.05, 0) is 27.7 Å². The van der Waals surface area contributed by atoms with E-state index in [-0.39, 0.29) is 23.9 Å². The van der Waals surface area contributed by atoms with Crippen LogP contribution in [0.4, 0.5) is 26.3 Å². The second kappa shape index (κ2) is 5.46. The number of aromatic nitrogens is 5. The summed E-state index contributed by atoms with van der Waals surface area (Å²) in [6, 6.07) is -0.711. The first-order chi connectivity index (χ1) is 12.1. The van der Waals surface area contributed by atoms with E-state index in [1.807, 2.05) is 0 Å². The summed E-state index contributed by atoms with van der Waals surface area (Å²) in [6.07, 6.45) is -8.53. The molecule has 0 radical (unpaired) electrons. The molecule has 0 saturated carbocycles. The minimum Gasteiger partial charge on any atom is -0.374 e. The average molecular weight is 397 g/mol. The molecule has 0 fully saturated rings. The molecule has 0 spiro atoms. The van der Waals surface area contributed by atoms with Crippen LogP contribution < -0.4 is 0 Å². The van der Waals surface area contributed by atoms with Gasteiger partial charge in [-0.3, -0.25) is 0 Å². The highest BCUT2D eigenvalue weighted by Gasteiger charge is 2.56. The Morgan fingerprint density at radius 2 is 1.59 bits per heavy atom. The molecule has 2 aromatic rings. The normalized spacial score (nSPS) is 20.2. The van der Waals surface area contributed by atoms with Crippen molar-refractivity contribution in [3.63, 3.8) is 0 Å². The van der Waals surface area contributed by atoms with Crippen LogP contribution in [0, 0.1) is 0 Å². The molecule has 2 aromatic heterocycles. The third-order valence-corrected chi connectivity index (χ3v) is 4.92. The predicted octanol–water partition coefficient (Wildman–Crippen LogP) is 3.33. The Balaban J connectivity index is 2.18. The molecule has 27 heavy (non-hydrogen) atoms. The van der Waals surface area contributed by atoms with Crippen molar-refractivity contribution in [3.05, 3.63) is 17.8 Å². The van der Waals surface area contributed by atoms with Gasteiger partial charge in [0.1, 0.15) is 16.9 Å². The third-order valence-electron chi connectivity index (χ3n) is 4.92. The summed E-state index contributed by atoms with van der Waals surface area (Å²) in [7, 11) is 0. The van der Waals surface area contributed by atoms with Crippen molar-refractivity contribution < 1.29 is 31.4 Å². The van der Waals surface area contributed by atoms with Crippen LogP contribution in [-0.2, 0) is 17.6 Å². The zero-order chi connectivity index (χ0) is 20.6. The lowest BCUT2D eigenvalue weighted by Crippen LogP contribution is -2.43. The number of nitrogens with zero attached hydrogens (tertiary/aromatic N) is 5. The summed E-state index contributed by atoms with van der Waals surface area (Å²) in [6.45, 7) is 3.92. The van der Waals surface area contributed by atoms with E-state index in [0.717, 1.165) is 24.6 Å². The monoisotopic (exact) mass is 397 g/mol. The number of aliphatic hydroxyl groups is 1. The number of fused-ring (bicyclic) bond motifs is 3. The third kappa shape index (κ3) is 2.64. The molecule has 3 rings (SSSR count). The maximum atomic E-state index is 13.4. The van der Waals surface area contributed by atoms with Crippen LogP contribution in [0.25, 0.3) is 11.5 Å². The minimum atomic E-state index is -4.98. The summed E-state index contributed by atoms with van der Waals surface area (Å²) >= 11 is 0. The number of imidazole rings is 1. The van der Waals surface area contributed by atoms with Gasteiger partial charge in [0.2, 0.25) is 5.60 Å². The Bertz CT molecular complexity index is 876. The Hall–Kier alpha value is -2.11. The SMILES string of the molecule is C[C@H]1Cn2c(nnc2C(C)(C)C(F)(F)F)-c2cnc([C@@](C)(O)C(F)(F)F)n21. The van der Waals surface area contributed by atoms with E-state index in [2.05, 4.69) is 15.2 Å². The highest BCUT2D eigenvalue weighted by molar-refractivity contribution is 5.53. The van der Waals surface area contributed by atoms with Crippen LogP contribution in [0.3, 0.4) is 0 Å². The van der Waals surface area contributed by atoms with E-state index in [1.54, 1.807) is 0 Å². The lowest BCUT2D eigenvalue weighted by molar-refractivity contribution is -0.262. The van der Waals surface area contributed by atoms with E-state index in [9.17, 15) is 31.4 Å². The van der Waals surface area contributed by atoms with Crippen LogP contribution in [0.15, 0.2) is 6.20 Å². The fourth-order valence-electron chi connectivity index (χ4n) is 3.06. The fraction of sp³-hybridized carbons (Fsp3) is 0.667. The number of hydrogen-bond donors (Lipinski definition) is 1. The first-order valence-corrected chi connectivity index (χ1v) is 7.98. The zero-order valence-electron chi connectivity index (χ0n) is 14.8. The van der Waals surface area contributed by atoms with Crippen LogP contribution in [0.2, 0.25) is 0 Å². The second-order valence-corrected chi connectivity index (χ2v) is 7.34. The minimum absolute atomic E-state index is 0.0304. The first-order valence-electron chi connectivity index (χ1n) is 7.98. The zero-order valence-corrected chi connectivity index (χ0v) is 14.8. The summed E-state index contributed by atoms with van der Waals surface area (Å²) in [5.41, 5.74) is -5.47. The molecule has 0 aromatic carbocycles. The lowest BCUT2D eigenvalue weighted by atomic mass is 9.91. The standard InChI is InChI=1S/C15H17F6N5O/c1-7-6-25-9(23-24-10(25)12(2,3)14(16,17)18)8-5-22-11(26(7)8)13(4,27)15(19,20)21/h5,7,27H,6H2,1-4H3/t7-,13+/m0/s1. The van der Waals surface area contributed by atoms with Crippen molar-refractivity contribution in [2.75, 3.05) is 0 Å². The maximum absolute atomic E-state index is 13.4. The number of halogens is 6. The van der Waals surface area contributed by atoms with Gasteiger partial charge in [0.05, 0.1) is 12.2 Å². The van der Waals surface area contributed by atoms with Crippen molar-refractivity contribution in [2.24, 2.45) is 0 Å². The molecule has 6 nitrogen and oxygen atoms in total. The fourth-order valence-corrected chi connectivity index (χ4v) is 3.06. The largest absolute Gasteiger partial charge is 0.424 e. The maximum Gasteiger partial charge on any atom is 0.424 e. The lowest BCUT2D eigenvalue weighted by Gasteiger charge is -2.33. The molecule has 2 atom stereocenters. The molecule has 150 valence electrons. The summed E-state index contributed by atoms with van der Waals surface area (Å²) in [4.78, 5) is 3.70. The quantitative estimate of drug-likeness (QED) is 0.790. The molecule has 12 heteroatoms. The van der Waals surface area contributed by atoms with Crippen molar-refractivity contribution in [2.45, 2.75) is 63.7 Å². The molecule has 1 aliphatic rings. The molecular formula is C15H17F6N5O. The molecule has 0 bridgehead atoms. The predicted molar refractivity (Wildman–Crippen MR) is 80.7 cm³/mol. The van der Waals surface area contributed by atoms with Gasteiger partial charge in [0.15, 0.2) is 11.6 Å². The van der Waals surface area contributed by atoms with Crippen LogP contribution in [-0.4, -0.2) is 41.8 Å². The smallest absolute Gasteiger partial charge is 0.374 e. The molecule has 0 saturated heterocycles. The van der Waals surface area contributed by atoms with E-state index < -0.39 is 35.2 Å². The van der Waals surface area contributed by atoms with Gasteiger partial charge >= 0.3 is 12.4 Å². The van der Waals surface area contributed by atoms with Crippen molar-refractivity contribution in [3.8, 4) is 11.5 Å². The first kappa shape index (κ1) is 19.6. The Morgan fingerprint density at radius 1 is 1.00 bits per heavy atom. The number of hydrogen-bond acceptors (Lipinski definition) is 4. The molecule has 3 heterocycles. The van der Waals surface area contributed by atoms with Crippen LogP contribution in [0.1, 0.15) is 45.4 Å². The Kier molecular flexibility index (Phi) is 3.97. The number of alkyl halides is 6.